The van der Waals surface area contributed by atoms with Gasteiger partial charge in [-0.2, -0.15) is 0 Å². The van der Waals surface area contributed by atoms with Gasteiger partial charge in [0, 0.05) is 16.0 Å². The van der Waals surface area contributed by atoms with E-state index in [-0.39, 0.29) is 6.04 Å². The standard InChI is InChI=1S/C19H19ClN2OS/c1-12-8-15(20)9-16(17-11-24-19(22-17)13(2)21)18(12)23-10-14-6-4-3-5-7-14/h3-9,11,13H,10,21H2,1-2H3. The highest BCUT2D eigenvalue weighted by Crippen LogP contribution is 2.37. The summed E-state index contributed by atoms with van der Waals surface area (Å²) in [4.78, 5) is 4.63. The molecular weight excluding hydrogens is 340 g/mol. The van der Waals surface area contributed by atoms with Gasteiger partial charge < -0.3 is 10.5 Å². The summed E-state index contributed by atoms with van der Waals surface area (Å²) < 4.78 is 6.11. The number of aryl methyl sites for hydroxylation is 1. The first-order valence-electron chi connectivity index (χ1n) is 7.73. The number of nitrogens with two attached hydrogens (primary N) is 1. The molecule has 1 unspecified atom stereocenters. The average Bonchev–Trinajstić information content (AvgIpc) is 3.04. The second-order valence-corrected chi connectivity index (χ2v) is 7.06. The van der Waals surface area contributed by atoms with E-state index in [4.69, 9.17) is 22.1 Å². The lowest BCUT2D eigenvalue weighted by Gasteiger charge is -2.14. The maximum atomic E-state index is 6.25. The van der Waals surface area contributed by atoms with Gasteiger partial charge in [-0.3, -0.25) is 0 Å². The molecule has 3 rings (SSSR count). The number of halogens is 1. The summed E-state index contributed by atoms with van der Waals surface area (Å²) in [6.45, 7) is 4.42. The van der Waals surface area contributed by atoms with Gasteiger partial charge in [-0.05, 0) is 37.1 Å². The van der Waals surface area contributed by atoms with Gasteiger partial charge in [0.05, 0.1) is 11.7 Å². The third-order valence-electron chi connectivity index (χ3n) is 3.65. The largest absolute Gasteiger partial charge is 0.488 e. The normalized spacial score (nSPS) is 12.2. The Kier molecular flexibility index (Phi) is 5.19. The van der Waals surface area contributed by atoms with Crippen molar-refractivity contribution in [2.45, 2.75) is 26.5 Å². The van der Waals surface area contributed by atoms with Crippen LogP contribution in [0.25, 0.3) is 11.3 Å². The van der Waals surface area contributed by atoms with E-state index in [2.05, 4.69) is 4.98 Å². The highest BCUT2D eigenvalue weighted by atomic mass is 35.5. The van der Waals surface area contributed by atoms with Crippen LogP contribution in [0.3, 0.4) is 0 Å². The Balaban J connectivity index is 1.95. The van der Waals surface area contributed by atoms with E-state index < -0.39 is 0 Å². The number of hydrogen-bond donors (Lipinski definition) is 1. The van der Waals surface area contributed by atoms with Crippen molar-refractivity contribution in [3.63, 3.8) is 0 Å². The number of benzene rings is 2. The monoisotopic (exact) mass is 358 g/mol. The van der Waals surface area contributed by atoms with Crippen LogP contribution in [0, 0.1) is 6.92 Å². The first-order chi connectivity index (χ1) is 11.5. The molecule has 0 saturated carbocycles. The van der Waals surface area contributed by atoms with Crippen LogP contribution in [0.15, 0.2) is 47.8 Å². The molecule has 1 heterocycles. The molecule has 5 heteroatoms. The van der Waals surface area contributed by atoms with E-state index in [0.29, 0.717) is 11.6 Å². The number of rotatable bonds is 5. The number of aromatic nitrogens is 1. The summed E-state index contributed by atoms with van der Waals surface area (Å²) in [6, 6.07) is 13.8. The molecule has 1 atom stereocenters. The first-order valence-corrected chi connectivity index (χ1v) is 8.98. The van der Waals surface area contributed by atoms with Crippen molar-refractivity contribution in [3.05, 3.63) is 69.0 Å². The van der Waals surface area contributed by atoms with Gasteiger partial charge in [0.15, 0.2) is 0 Å². The number of nitrogens with zero attached hydrogens (tertiary/aromatic N) is 1. The molecule has 3 aromatic rings. The van der Waals surface area contributed by atoms with Crippen LogP contribution in [0.4, 0.5) is 0 Å². The second kappa shape index (κ2) is 7.34. The van der Waals surface area contributed by atoms with Crippen molar-refractivity contribution < 1.29 is 4.74 Å². The smallest absolute Gasteiger partial charge is 0.132 e. The molecule has 0 fully saturated rings. The average molecular weight is 359 g/mol. The molecule has 2 aromatic carbocycles. The predicted octanol–water partition coefficient (Wildman–Crippen LogP) is 5.37. The number of thiazole rings is 1. The lowest BCUT2D eigenvalue weighted by molar-refractivity contribution is 0.305. The third-order valence-corrected chi connectivity index (χ3v) is 4.92. The van der Waals surface area contributed by atoms with E-state index in [1.54, 1.807) is 11.3 Å². The van der Waals surface area contributed by atoms with E-state index in [0.717, 1.165) is 33.1 Å². The molecule has 0 spiro atoms. The van der Waals surface area contributed by atoms with Crippen LogP contribution in [0.5, 0.6) is 5.75 Å². The van der Waals surface area contributed by atoms with Crippen LogP contribution in [-0.2, 0) is 6.61 Å². The van der Waals surface area contributed by atoms with Gasteiger partial charge in [0.2, 0.25) is 0 Å². The molecule has 3 nitrogen and oxygen atoms in total. The van der Waals surface area contributed by atoms with Crippen molar-refractivity contribution in [3.8, 4) is 17.0 Å². The fraction of sp³-hybridized carbons (Fsp3) is 0.211. The molecule has 0 bridgehead atoms. The van der Waals surface area contributed by atoms with Crippen molar-refractivity contribution >= 4 is 22.9 Å². The molecule has 0 radical (unpaired) electrons. The maximum absolute atomic E-state index is 6.25. The summed E-state index contributed by atoms with van der Waals surface area (Å²) in [5, 5.41) is 3.57. The van der Waals surface area contributed by atoms with Gasteiger partial charge in [-0.15, -0.1) is 11.3 Å². The van der Waals surface area contributed by atoms with Crippen LogP contribution in [0.1, 0.15) is 29.1 Å². The topological polar surface area (TPSA) is 48.1 Å². The van der Waals surface area contributed by atoms with Crippen molar-refractivity contribution in [1.29, 1.82) is 0 Å². The highest BCUT2D eigenvalue weighted by molar-refractivity contribution is 7.10. The number of hydrogen-bond acceptors (Lipinski definition) is 4. The van der Waals surface area contributed by atoms with Gasteiger partial charge in [0.25, 0.3) is 0 Å². The minimum atomic E-state index is -0.0854. The van der Waals surface area contributed by atoms with Crippen molar-refractivity contribution in [2.75, 3.05) is 0 Å². The molecule has 0 aliphatic carbocycles. The van der Waals surface area contributed by atoms with E-state index in [9.17, 15) is 0 Å². The van der Waals surface area contributed by atoms with E-state index in [1.165, 1.54) is 0 Å². The van der Waals surface area contributed by atoms with Crippen molar-refractivity contribution in [1.82, 2.24) is 4.98 Å². The summed E-state index contributed by atoms with van der Waals surface area (Å²) in [5.74, 6) is 0.810. The summed E-state index contributed by atoms with van der Waals surface area (Å²) >= 11 is 7.81. The zero-order valence-corrected chi connectivity index (χ0v) is 15.2. The Morgan fingerprint density at radius 1 is 1.25 bits per heavy atom. The predicted molar refractivity (Wildman–Crippen MR) is 101 cm³/mol. The molecule has 124 valence electrons. The minimum absolute atomic E-state index is 0.0854. The lowest BCUT2D eigenvalue weighted by Crippen LogP contribution is -2.04. The van der Waals surface area contributed by atoms with Gasteiger partial charge in [-0.25, -0.2) is 4.98 Å². The number of ether oxygens (including phenoxy) is 1. The SMILES string of the molecule is Cc1cc(Cl)cc(-c2csc(C(C)N)n2)c1OCc1ccccc1. The fourth-order valence-corrected chi connectivity index (χ4v) is 3.51. The zero-order valence-electron chi connectivity index (χ0n) is 13.6. The lowest BCUT2D eigenvalue weighted by atomic mass is 10.1. The summed E-state index contributed by atoms with van der Waals surface area (Å²) in [6.07, 6.45) is 0. The summed E-state index contributed by atoms with van der Waals surface area (Å²) in [5.41, 5.74) is 9.79. The summed E-state index contributed by atoms with van der Waals surface area (Å²) in [7, 11) is 0. The molecule has 0 amide bonds. The molecule has 0 aliphatic rings. The Morgan fingerprint density at radius 3 is 2.67 bits per heavy atom. The fourth-order valence-electron chi connectivity index (χ4n) is 2.46. The Labute approximate surface area is 151 Å². The molecule has 1 aromatic heterocycles. The van der Waals surface area contributed by atoms with E-state index >= 15 is 0 Å². The van der Waals surface area contributed by atoms with Gasteiger partial charge >= 0.3 is 0 Å². The zero-order chi connectivity index (χ0) is 17.1. The minimum Gasteiger partial charge on any atom is -0.488 e. The van der Waals surface area contributed by atoms with Crippen LogP contribution in [0.2, 0.25) is 5.02 Å². The maximum Gasteiger partial charge on any atom is 0.132 e. The molecular formula is C19H19ClN2OS. The molecule has 24 heavy (non-hydrogen) atoms. The first kappa shape index (κ1) is 17.0. The Hall–Kier alpha value is -1.88. The van der Waals surface area contributed by atoms with Gasteiger partial charge in [0.1, 0.15) is 17.4 Å². The van der Waals surface area contributed by atoms with Crippen molar-refractivity contribution in [2.24, 2.45) is 5.73 Å². The molecule has 2 N–H and O–H groups in total. The molecule has 0 aliphatic heterocycles. The Bertz CT molecular complexity index is 831. The molecule has 0 saturated heterocycles. The second-order valence-electron chi connectivity index (χ2n) is 5.73. The van der Waals surface area contributed by atoms with E-state index in [1.807, 2.05) is 61.7 Å². The van der Waals surface area contributed by atoms with Crippen LogP contribution in [-0.4, -0.2) is 4.98 Å². The van der Waals surface area contributed by atoms with Crippen LogP contribution < -0.4 is 10.5 Å². The Morgan fingerprint density at radius 2 is 2.00 bits per heavy atom. The highest BCUT2D eigenvalue weighted by Gasteiger charge is 2.15. The van der Waals surface area contributed by atoms with Crippen LogP contribution >= 0.6 is 22.9 Å². The quantitative estimate of drug-likeness (QED) is 0.666. The van der Waals surface area contributed by atoms with Gasteiger partial charge in [-0.1, -0.05) is 41.9 Å². The third kappa shape index (κ3) is 3.78.